The Hall–Kier alpha value is -1.09. The molecule has 9 N–H and O–H groups in total. The average molecular weight is 544 g/mol. The first-order valence-corrected chi connectivity index (χ1v) is 11.8. The van der Waals surface area contributed by atoms with Crippen LogP contribution in [0.2, 0.25) is 0 Å². The number of nitrogens with one attached hydrogen (secondary N) is 1. The summed E-state index contributed by atoms with van der Waals surface area (Å²) in [5.74, 6) is -0.525. The molecule has 3 aliphatic heterocycles. The van der Waals surface area contributed by atoms with Crippen LogP contribution in [0.5, 0.6) is 0 Å². The molecule has 15 atom stereocenters. The predicted octanol–water partition coefficient (Wildman–Crippen LogP) is -5.75. The highest BCUT2D eigenvalue weighted by Gasteiger charge is 2.53. The quantitative estimate of drug-likeness (QED) is 0.138. The summed E-state index contributed by atoms with van der Waals surface area (Å²) in [7, 11) is 1.27. The second kappa shape index (κ2) is 12.8. The van der Waals surface area contributed by atoms with Crippen molar-refractivity contribution in [1.82, 2.24) is 5.32 Å². The number of rotatable bonds is 8. The first-order chi connectivity index (χ1) is 17.4. The van der Waals surface area contributed by atoms with Crippen LogP contribution in [0.15, 0.2) is 0 Å². The topological polar surface area (TPSA) is 246 Å². The van der Waals surface area contributed by atoms with Crippen LogP contribution in [0, 0.1) is 0 Å². The van der Waals surface area contributed by atoms with E-state index in [1.807, 2.05) is 0 Å². The summed E-state index contributed by atoms with van der Waals surface area (Å²) in [5.41, 5.74) is 0. The van der Waals surface area contributed by atoms with E-state index in [2.05, 4.69) is 5.32 Å². The van der Waals surface area contributed by atoms with Gasteiger partial charge in [0, 0.05) is 14.0 Å². The zero-order valence-electron chi connectivity index (χ0n) is 20.5. The minimum Gasteiger partial charge on any atom is -0.394 e. The molecule has 3 aliphatic rings. The van der Waals surface area contributed by atoms with Crippen LogP contribution in [0.3, 0.4) is 0 Å². The first-order valence-electron chi connectivity index (χ1n) is 11.8. The molecular formula is C21H37NO15. The lowest BCUT2D eigenvalue weighted by molar-refractivity contribution is -0.382. The lowest BCUT2D eigenvalue weighted by Crippen LogP contribution is -2.68. The molecule has 0 spiro atoms. The molecule has 0 aromatic rings. The van der Waals surface area contributed by atoms with Crippen molar-refractivity contribution in [2.75, 3.05) is 20.3 Å². The number of hydrogen-bond donors (Lipinski definition) is 9. The summed E-state index contributed by atoms with van der Waals surface area (Å²) in [6, 6.07) is -1.15. The number of carbonyl (C=O) groups excluding carboxylic acids is 1. The minimum atomic E-state index is -1.79. The summed E-state index contributed by atoms with van der Waals surface area (Å²) in [5, 5.41) is 84.5. The Bertz CT molecular complexity index is 747. The van der Waals surface area contributed by atoms with E-state index in [4.69, 9.17) is 28.4 Å². The van der Waals surface area contributed by atoms with E-state index in [1.165, 1.54) is 21.0 Å². The Morgan fingerprint density at radius 3 is 1.89 bits per heavy atom. The maximum atomic E-state index is 11.7. The molecule has 16 heteroatoms. The third kappa shape index (κ3) is 6.39. The molecule has 0 saturated carbocycles. The van der Waals surface area contributed by atoms with Crippen molar-refractivity contribution >= 4 is 5.91 Å². The molecule has 0 aliphatic carbocycles. The SMILES string of the molecule is CO[C@H]1O[C@@H](CO)[C@H](O[C@H]2O[C@@H](CO)[C@@H](O)[C@@H](O)[C@@H]2O[C@H]2O[C@H](C)[C@H](O)[C@H](O)[C@H]2O)[C@@H](O)[C@@H]1NC(C)=O. The molecule has 37 heavy (non-hydrogen) atoms. The van der Waals surface area contributed by atoms with Crippen LogP contribution in [-0.4, -0.2) is 159 Å². The number of aliphatic hydroxyl groups excluding tert-OH is 8. The third-order valence-electron chi connectivity index (χ3n) is 6.67. The molecule has 216 valence electrons. The molecule has 3 fully saturated rings. The summed E-state index contributed by atoms with van der Waals surface area (Å²) in [6.07, 6.45) is -21.0. The van der Waals surface area contributed by atoms with Gasteiger partial charge in [0.1, 0.15) is 67.1 Å². The van der Waals surface area contributed by atoms with Gasteiger partial charge in [0.15, 0.2) is 18.9 Å². The van der Waals surface area contributed by atoms with Crippen molar-refractivity contribution in [2.24, 2.45) is 0 Å². The Morgan fingerprint density at radius 2 is 1.32 bits per heavy atom. The van der Waals surface area contributed by atoms with Gasteiger partial charge in [-0.05, 0) is 6.92 Å². The monoisotopic (exact) mass is 543 g/mol. The fourth-order valence-corrected chi connectivity index (χ4v) is 4.57. The van der Waals surface area contributed by atoms with Crippen LogP contribution in [0.25, 0.3) is 0 Å². The summed E-state index contributed by atoms with van der Waals surface area (Å²) in [6.45, 7) is 1.19. The van der Waals surface area contributed by atoms with E-state index in [-0.39, 0.29) is 0 Å². The van der Waals surface area contributed by atoms with Gasteiger partial charge in [0.2, 0.25) is 5.91 Å². The largest absolute Gasteiger partial charge is 0.394 e. The summed E-state index contributed by atoms with van der Waals surface area (Å²) >= 11 is 0. The van der Waals surface area contributed by atoms with Gasteiger partial charge in [-0.1, -0.05) is 0 Å². The fourth-order valence-electron chi connectivity index (χ4n) is 4.57. The number of methoxy groups -OCH3 is 1. The zero-order valence-corrected chi connectivity index (χ0v) is 20.5. The normalized spacial score (nSPS) is 49.0. The highest BCUT2D eigenvalue weighted by molar-refractivity contribution is 5.73. The lowest BCUT2D eigenvalue weighted by atomic mass is 9.95. The zero-order chi connectivity index (χ0) is 27.6. The molecule has 0 radical (unpaired) electrons. The van der Waals surface area contributed by atoms with Gasteiger partial charge in [-0.25, -0.2) is 0 Å². The minimum absolute atomic E-state index is 0.525. The molecule has 3 saturated heterocycles. The van der Waals surface area contributed by atoms with Gasteiger partial charge in [-0.15, -0.1) is 0 Å². The Morgan fingerprint density at radius 1 is 0.730 bits per heavy atom. The van der Waals surface area contributed by atoms with Crippen LogP contribution in [0.4, 0.5) is 0 Å². The smallest absolute Gasteiger partial charge is 0.217 e. The van der Waals surface area contributed by atoms with E-state index in [0.29, 0.717) is 0 Å². The molecule has 0 unspecified atom stereocenters. The van der Waals surface area contributed by atoms with E-state index in [9.17, 15) is 45.6 Å². The summed E-state index contributed by atoms with van der Waals surface area (Å²) in [4.78, 5) is 11.7. The highest BCUT2D eigenvalue weighted by Crippen LogP contribution is 2.33. The molecule has 0 bridgehead atoms. The molecule has 3 heterocycles. The Kier molecular flexibility index (Phi) is 10.6. The van der Waals surface area contributed by atoms with Crippen molar-refractivity contribution in [1.29, 1.82) is 0 Å². The van der Waals surface area contributed by atoms with E-state index in [0.717, 1.165) is 0 Å². The highest BCUT2D eigenvalue weighted by atomic mass is 16.8. The molecule has 0 aromatic carbocycles. The molecule has 3 rings (SSSR count). The van der Waals surface area contributed by atoms with Crippen molar-refractivity contribution in [3.8, 4) is 0 Å². The van der Waals surface area contributed by atoms with E-state index < -0.39 is 111 Å². The van der Waals surface area contributed by atoms with Crippen LogP contribution >= 0.6 is 0 Å². The number of carbonyl (C=O) groups is 1. The van der Waals surface area contributed by atoms with Crippen molar-refractivity contribution in [3.63, 3.8) is 0 Å². The Labute approximate surface area is 212 Å². The second-order valence-corrected chi connectivity index (χ2v) is 9.27. The van der Waals surface area contributed by atoms with Crippen LogP contribution in [0.1, 0.15) is 13.8 Å². The number of ether oxygens (including phenoxy) is 6. The third-order valence-corrected chi connectivity index (χ3v) is 6.67. The molecular weight excluding hydrogens is 506 g/mol. The van der Waals surface area contributed by atoms with Gasteiger partial charge in [0.25, 0.3) is 0 Å². The van der Waals surface area contributed by atoms with Gasteiger partial charge < -0.3 is 74.6 Å². The van der Waals surface area contributed by atoms with Gasteiger partial charge in [0.05, 0.1) is 19.3 Å². The number of amides is 1. The predicted molar refractivity (Wildman–Crippen MR) is 116 cm³/mol. The van der Waals surface area contributed by atoms with Crippen molar-refractivity contribution in [3.05, 3.63) is 0 Å². The van der Waals surface area contributed by atoms with Crippen LogP contribution < -0.4 is 5.32 Å². The second-order valence-electron chi connectivity index (χ2n) is 9.27. The molecule has 16 nitrogen and oxygen atoms in total. The van der Waals surface area contributed by atoms with E-state index in [1.54, 1.807) is 0 Å². The van der Waals surface area contributed by atoms with Crippen LogP contribution in [-0.2, 0) is 33.2 Å². The molecule has 1 amide bonds. The van der Waals surface area contributed by atoms with Crippen molar-refractivity contribution < 1.29 is 74.1 Å². The summed E-state index contributed by atoms with van der Waals surface area (Å²) < 4.78 is 33.2. The maximum absolute atomic E-state index is 11.7. The standard InChI is InChI=1S/C21H37NO15/c1-6-11(26)14(29)16(31)20(33-6)37-18-15(30)12(27)8(4-23)34-21(18)36-17-9(5-24)35-19(32-3)10(13(17)28)22-7(2)25/h6,8-21,23-24,26-31H,4-5H2,1-3H3,(H,22,25)/t6-,8+,9+,10+,11+,12-,13+,14+,15-,16-,17+,18+,19+,20-,21-/m1/s1. The maximum Gasteiger partial charge on any atom is 0.217 e. The van der Waals surface area contributed by atoms with Gasteiger partial charge in [-0.2, -0.15) is 0 Å². The average Bonchev–Trinajstić information content (AvgIpc) is 2.87. The number of hydrogen-bond acceptors (Lipinski definition) is 15. The molecule has 0 aromatic heterocycles. The fraction of sp³-hybridized carbons (Fsp3) is 0.952. The number of aliphatic hydroxyl groups is 8. The van der Waals surface area contributed by atoms with Gasteiger partial charge in [-0.3, -0.25) is 4.79 Å². The lowest BCUT2D eigenvalue weighted by Gasteiger charge is -2.49. The van der Waals surface area contributed by atoms with Gasteiger partial charge >= 0.3 is 0 Å². The van der Waals surface area contributed by atoms with E-state index >= 15 is 0 Å². The first kappa shape index (κ1) is 30.5. The van der Waals surface area contributed by atoms with Crippen molar-refractivity contribution in [2.45, 2.75) is 106 Å². The Balaban J connectivity index is 1.87.